The van der Waals surface area contributed by atoms with E-state index in [0.29, 0.717) is 21.4 Å². The molecule has 1 unspecified atom stereocenters. The van der Waals surface area contributed by atoms with Gasteiger partial charge in [-0.25, -0.2) is 4.79 Å². The molecular formula is C48H62IN3O17S4. The van der Waals surface area contributed by atoms with E-state index in [0.717, 1.165) is 18.9 Å². The smallest absolute Gasteiger partial charge is 0.411 e. The van der Waals surface area contributed by atoms with Crippen molar-refractivity contribution in [3.05, 3.63) is 49.8 Å². The number of aliphatic hydroxyl groups excluding tert-OH is 2. The number of fused-ring (bicyclic) bond motifs is 2. The van der Waals surface area contributed by atoms with Crippen LogP contribution in [0.1, 0.15) is 56.0 Å². The maximum absolute atomic E-state index is 14.0. The third-order valence-corrected chi connectivity index (χ3v) is 18.9. The number of methoxy groups -OCH3 is 4. The Bertz CT molecular complexity index is 2380. The summed E-state index contributed by atoms with van der Waals surface area (Å²) in [5.41, 5.74) is 1.43. The summed E-state index contributed by atoms with van der Waals surface area (Å²) >= 11 is 2.78. The first-order valence-electron chi connectivity index (χ1n) is 23.1. The van der Waals surface area contributed by atoms with Crippen molar-refractivity contribution in [2.24, 2.45) is 0 Å². The Labute approximate surface area is 454 Å². The number of nitrogens with one attached hydrogen (secondary N) is 3. The number of phenolic OH excluding ortho intramolecular Hbond substituents is 1. The Morgan fingerprint density at radius 3 is 2.44 bits per heavy atom. The van der Waals surface area contributed by atoms with Crippen LogP contribution in [0.5, 0.6) is 17.2 Å². The number of alkyl carbamates (subject to hydrolysis) is 1. The lowest BCUT2D eigenvalue weighted by molar-refractivity contribution is -0.336. The third-order valence-electron chi connectivity index (χ3n) is 12.5. The third kappa shape index (κ3) is 14.0. The number of hydrogen-bond acceptors (Lipinski definition) is 23. The van der Waals surface area contributed by atoms with Gasteiger partial charge in [-0.1, -0.05) is 70.0 Å². The molecule has 0 spiro atoms. The van der Waals surface area contributed by atoms with Gasteiger partial charge < -0.3 is 68.4 Å². The van der Waals surface area contributed by atoms with E-state index in [-0.39, 0.29) is 71.2 Å². The van der Waals surface area contributed by atoms with Crippen molar-refractivity contribution in [1.29, 1.82) is 0 Å². The molecule has 1 aromatic carbocycles. The highest BCUT2D eigenvalue weighted by molar-refractivity contribution is 14.1. The number of halogens is 1. The van der Waals surface area contributed by atoms with E-state index in [2.05, 4.69) is 39.8 Å². The molecule has 3 saturated heterocycles. The maximum Gasteiger partial charge on any atom is 0.411 e. The summed E-state index contributed by atoms with van der Waals surface area (Å²) in [6, 6.07) is -1.21. The Kier molecular flexibility index (Phi) is 22.4. The normalized spacial score (nSPS) is 33.2. The number of rotatable bonds is 19. The highest BCUT2D eigenvalue weighted by atomic mass is 127. The Balaban J connectivity index is 1.28. The first kappa shape index (κ1) is 59.5. The maximum atomic E-state index is 14.0. The fourth-order valence-corrected chi connectivity index (χ4v) is 13.0. The number of aliphatic hydroxyl groups is 3. The van der Waals surface area contributed by atoms with E-state index in [4.69, 9.17) is 47.5 Å². The molecule has 1 aromatic rings. The van der Waals surface area contributed by atoms with Gasteiger partial charge in [-0.3, -0.25) is 19.7 Å². The van der Waals surface area contributed by atoms with Crippen LogP contribution in [0, 0.1) is 34.2 Å². The highest BCUT2D eigenvalue weighted by Crippen LogP contribution is 2.47. The van der Waals surface area contributed by atoms with E-state index in [9.17, 15) is 34.8 Å². The number of carbonyl (C=O) groups excluding carboxylic acids is 3. The minimum absolute atomic E-state index is 0.00182. The number of carbonyl (C=O) groups is 3. The number of Topliss-reactive ketones (excluding diaryl/α,β-unsaturated/α-hetero) is 1. The highest BCUT2D eigenvalue weighted by Gasteiger charge is 2.51. The summed E-state index contributed by atoms with van der Waals surface area (Å²) in [6.07, 6.45) is -5.79. The number of thioether (sulfide) groups is 1. The molecule has 3 heterocycles. The lowest BCUT2D eigenvalue weighted by Crippen LogP contribution is -2.65. The minimum atomic E-state index is -2.03. The zero-order valence-corrected chi connectivity index (χ0v) is 47.0. The monoisotopic (exact) mass is 1210 g/mol. The van der Waals surface area contributed by atoms with Gasteiger partial charge in [0.25, 0.3) is 0 Å². The Morgan fingerprint density at radius 2 is 1.77 bits per heavy atom. The molecule has 7 N–H and O–H groups in total. The van der Waals surface area contributed by atoms with Crippen LogP contribution in [0.3, 0.4) is 0 Å². The summed E-state index contributed by atoms with van der Waals surface area (Å²) < 4.78 is 54.2. The summed E-state index contributed by atoms with van der Waals surface area (Å²) in [4.78, 5) is 46.8. The van der Waals surface area contributed by atoms with Crippen LogP contribution in [0.25, 0.3) is 0 Å². The molecule has 2 bridgehead atoms. The minimum Gasteiger partial charge on any atom is -0.503 e. The number of benzene rings is 1. The van der Waals surface area contributed by atoms with Crippen LogP contribution in [0.15, 0.2) is 35.1 Å². The number of phenols is 1. The molecule has 0 aromatic heterocycles. The van der Waals surface area contributed by atoms with Crippen molar-refractivity contribution in [3.8, 4) is 40.9 Å². The van der Waals surface area contributed by atoms with Gasteiger partial charge in [0.2, 0.25) is 10.9 Å². The second kappa shape index (κ2) is 27.5. The average molecular weight is 1210 g/mol. The van der Waals surface area contributed by atoms with E-state index in [1.165, 1.54) is 57.8 Å². The van der Waals surface area contributed by atoms with Gasteiger partial charge in [0.05, 0.1) is 90.9 Å². The summed E-state index contributed by atoms with van der Waals surface area (Å²) in [7, 11) is 9.93. The van der Waals surface area contributed by atoms with E-state index in [1.54, 1.807) is 34.0 Å². The first-order chi connectivity index (χ1) is 34.9. The molecule has 0 radical (unpaired) electrons. The van der Waals surface area contributed by atoms with E-state index >= 15 is 0 Å². The van der Waals surface area contributed by atoms with E-state index in [1.807, 2.05) is 35.8 Å². The lowest BCUT2D eigenvalue weighted by Gasteiger charge is -2.46. The fourth-order valence-electron chi connectivity index (χ4n) is 8.92. The van der Waals surface area contributed by atoms with Crippen molar-refractivity contribution >= 4 is 82.8 Å². The molecule has 3 fully saturated rings. The average Bonchev–Trinajstić information content (AvgIpc) is 3.36. The SMILES string of the molecule is CCN[C@H]1CO[C@@H](O[C@H]2[C@H](O[C@H]3C#C/C=C\C#C[C@]4(O)CC(=O)C(NC(=O)OC)=C3/C4=C/CSSSC)O[C@H](C)C(NO[C@H]3C[C@H](O)[C@H](SC(=O)c4c(C)c(I)c(O)c(OC)c4OC)[C@@H](C)O3)[C@@H]2O)C[C@@H]1OC. The molecule has 6 rings (SSSR count). The van der Waals surface area contributed by atoms with Crippen molar-refractivity contribution in [2.75, 3.05) is 53.6 Å². The van der Waals surface area contributed by atoms with Crippen molar-refractivity contribution in [3.63, 3.8) is 0 Å². The molecule has 402 valence electrons. The largest absolute Gasteiger partial charge is 0.503 e. The van der Waals surface area contributed by atoms with Gasteiger partial charge in [-0.15, -0.1) is 0 Å². The number of ketones is 1. The van der Waals surface area contributed by atoms with Gasteiger partial charge >= 0.3 is 6.09 Å². The number of allylic oxidation sites excluding steroid dienone is 3. The quantitative estimate of drug-likeness (QED) is 0.0339. The molecule has 1 amide bonds. The zero-order chi connectivity index (χ0) is 53.1. The van der Waals surface area contributed by atoms with Crippen LogP contribution in [-0.2, 0) is 42.8 Å². The summed E-state index contributed by atoms with van der Waals surface area (Å²) in [5.74, 6) is 11.1. The summed E-state index contributed by atoms with van der Waals surface area (Å²) in [6.45, 7) is 7.84. The number of ether oxygens (including phenoxy) is 9. The number of aromatic hydroxyl groups is 1. The zero-order valence-electron chi connectivity index (χ0n) is 41.6. The number of likely N-dealkylation sites (N-methyl/N-ethyl adjacent to an activating group) is 1. The van der Waals surface area contributed by atoms with Gasteiger partial charge in [0, 0.05) is 36.9 Å². The van der Waals surface area contributed by atoms with Crippen LogP contribution < -0.4 is 25.6 Å². The second-order valence-corrected chi connectivity index (χ2v) is 23.7. The number of amides is 1. The number of hydrogen-bond donors (Lipinski definition) is 7. The fraction of sp³-hybridized carbons (Fsp3) is 0.604. The topological polar surface area (TPSA) is 261 Å². The molecular weight excluding hydrogens is 1150 g/mol. The molecule has 14 atom stereocenters. The molecule has 73 heavy (non-hydrogen) atoms. The Morgan fingerprint density at radius 1 is 1.03 bits per heavy atom. The predicted octanol–water partition coefficient (Wildman–Crippen LogP) is 4.04. The molecule has 5 aliphatic rings. The van der Waals surface area contributed by atoms with Crippen molar-refractivity contribution in [1.82, 2.24) is 16.1 Å². The van der Waals surface area contributed by atoms with E-state index < -0.39 is 95.8 Å². The van der Waals surface area contributed by atoms with Crippen LogP contribution in [0.4, 0.5) is 4.79 Å². The van der Waals surface area contributed by atoms with Gasteiger partial charge in [-0.05, 0) is 83.7 Å². The van der Waals surface area contributed by atoms with Gasteiger partial charge in [0.1, 0.15) is 18.3 Å². The molecule has 20 nitrogen and oxygen atoms in total. The van der Waals surface area contributed by atoms with Crippen LogP contribution in [0.2, 0.25) is 0 Å². The first-order valence-corrected chi connectivity index (χ1v) is 29.1. The van der Waals surface area contributed by atoms with Crippen molar-refractivity contribution in [2.45, 2.75) is 131 Å². The molecule has 3 aliphatic heterocycles. The number of hydroxylamine groups is 1. The molecule has 2 aliphatic carbocycles. The predicted molar refractivity (Wildman–Crippen MR) is 284 cm³/mol. The lowest BCUT2D eigenvalue weighted by atomic mass is 9.75. The van der Waals surface area contributed by atoms with Crippen LogP contribution in [-0.4, -0.2) is 176 Å². The second-order valence-electron chi connectivity index (χ2n) is 17.1. The Hall–Kier alpha value is -2.78. The molecule has 0 saturated carbocycles. The van der Waals surface area contributed by atoms with Gasteiger partial charge in [0.15, 0.2) is 41.8 Å². The van der Waals surface area contributed by atoms with Gasteiger partial charge in [-0.2, -0.15) is 5.48 Å². The summed E-state index contributed by atoms with van der Waals surface area (Å²) in [5, 5.41) is 51.5. The van der Waals surface area contributed by atoms with Crippen molar-refractivity contribution < 1.29 is 82.3 Å². The molecule has 25 heteroatoms. The van der Waals surface area contributed by atoms with Crippen LogP contribution >= 0.6 is 65.8 Å². The standard InChI is InChI=1S/C48H62IN3O17S4/c1-10-50-27-22-64-32(20-31(27)60-5)68-43-40(56)37(52-69-33-19-28(53)44(25(4)65-33)72-45(57)34-23(2)36(49)39(55)42(62-7)41(34)61-6)24(3)66-46(43)67-30-15-13-11-12-14-17-48(59)21-29(54)38(51-47(58)63-8)35(30)26(48)16-18-71-73-70-9/h11-12,16,24-25,27-28,30-33,37,40,43-44,46,50,52-53,55-56,59H,10,18-22H2,1-9H3,(H,51,58)/b12-11-,26-16-/t24-,25-,27+,28+,30+,31+,32+,33+,37?,40+,43-,44-,46+,48+/m1/s1.